The van der Waals surface area contributed by atoms with E-state index in [9.17, 15) is 9.59 Å². The Bertz CT molecular complexity index is 272. The summed E-state index contributed by atoms with van der Waals surface area (Å²) in [6.07, 6.45) is 1.68. The number of carbonyl (C=O) groups is 2. The van der Waals surface area contributed by atoms with Gasteiger partial charge < -0.3 is 15.5 Å². The van der Waals surface area contributed by atoms with Gasteiger partial charge in [0.1, 0.15) is 0 Å². The van der Waals surface area contributed by atoms with Crippen molar-refractivity contribution >= 4 is 11.8 Å². The third-order valence-electron chi connectivity index (χ3n) is 3.38. The summed E-state index contributed by atoms with van der Waals surface area (Å²) in [5.74, 6) is -0.0586. The van der Waals surface area contributed by atoms with Crippen molar-refractivity contribution in [3.63, 3.8) is 0 Å². The first-order valence-corrected chi connectivity index (χ1v) is 5.72. The second-order valence-electron chi connectivity index (χ2n) is 4.40. The second-order valence-corrected chi connectivity index (χ2v) is 4.40. The normalized spacial score (nSPS) is 24.2. The lowest BCUT2D eigenvalue weighted by Gasteiger charge is -2.30. The van der Waals surface area contributed by atoms with Crippen LogP contribution in [0.25, 0.3) is 0 Å². The van der Waals surface area contributed by atoms with Crippen LogP contribution in [0, 0.1) is 5.41 Å². The van der Waals surface area contributed by atoms with Crippen molar-refractivity contribution < 1.29 is 9.59 Å². The summed E-state index contributed by atoms with van der Waals surface area (Å²) in [5.41, 5.74) is -0.303. The monoisotopic (exact) mass is 227 g/mol. The molecule has 1 aliphatic rings. The van der Waals surface area contributed by atoms with Crippen LogP contribution in [0.3, 0.4) is 0 Å². The first-order chi connectivity index (χ1) is 7.55. The molecule has 2 N–H and O–H groups in total. The molecule has 5 nitrogen and oxygen atoms in total. The third kappa shape index (κ3) is 2.52. The summed E-state index contributed by atoms with van der Waals surface area (Å²) in [4.78, 5) is 25.0. The van der Waals surface area contributed by atoms with Gasteiger partial charge in [0.25, 0.3) is 0 Å². The van der Waals surface area contributed by atoms with Gasteiger partial charge in [-0.05, 0) is 19.4 Å². The average Bonchev–Trinajstić information content (AvgIpc) is 2.77. The van der Waals surface area contributed by atoms with Crippen molar-refractivity contribution in [2.45, 2.75) is 19.8 Å². The highest BCUT2D eigenvalue weighted by atomic mass is 16.2. The molecule has 0 saturated carbocycles. The molecule has 0 radical (unpaired) electrons. The van der Waals surface area contributed by atoms with E-state index in [1.54, 1.807) is 14.1 Å². The molecular formula is C11H21N3O2. The van der Waals surface area contributed by atoms with Crippen LogP contribution in [-0.4, -0.2) is 50.4 Å². The summed E-state index contributed by atoms with van der Waals surface area (Å²) in [6, 6.07) is 0. The molecule has 1 unspecified atom stereocenters. The zero-order valence-electron chi connectivity index (χ0n) is 10.3. The Morgan fingerprint density at radius 1 is 1.50 bits per heavy atom. The number of nitrogens with one attached hydrogen (secondary N) is 2. The van der Waals surface area contributed by atoms with E-state index in [1.165, 1.54) is 4.90 Å². The lowest BCUT2D eigenvalue weighted by Crippen LogP contribution is -2.46. The van der Waals surface area contributed by atoms with E-state index in [-0.39, 0.29) is 23.8 Å². The van der Waals surface area contributed by atoms with E-state index in [0.717, 1.165) is 25.9 Å². The lowest BCUT2D eigenvalue weighted by molar-refractivity contribution is -0.142. The molecule has 1 fully saturated rings. The Balaban J connectivity index is 2.64. The zero-order chi connectivity index (χ0) is 12.2. The van der Waals surface area contributed by atoms with E-state index < -0.39 is 0 Å². The molecule has 0 aliphatic carbocycles. The van der Waals surface area contributed by atoms with Crippen LogP contribution < -0.4 is 10.6 Å². The van der Waals surface area contributed by atoms with Gasteiger partial charge >= 0.3 is 0 Å². The fourth-order valence-electron chi connectivity index (χ4n) is 2.15. The Morgan fingerprint density at radius 3 is 2.62 bits per heavy atom. The lowest BCUT2D eigenvalue weighted by atomic mass is 9.83. The Morgan fingerprint density at radius 2 is 2.19 bits per heavy atom. The topological polar surface area (TPSA) is 61.4 Å². The van der Waals surface area contributed by atoms with Crippen LogP contribution in [0.2, 0.25) is 0 Å². The highest BCUT2D eigenvalue weighted by Crippen LogP contribution is 2.31. The highest BCUT2D eigenvalue weighted by Gasteiger charge is 2.41. The Labute approximate surface area is 96.6 Å². The summed E-state index contributed by atoms with van der Waals surface area (Å²) in [7, 11) is 3.26. The van der Waals surface area contributed by atoms with Gasteiger partial charge in [0.15, 0.2) is 0 Å². The van der Waals surface area contributed by atoms with Crippen LogP contribution >= 0.6 is 0 Å². The molecule has 1 rings (SSSR count). The predicted octanol–water partition coefficient (Wildman–Crippen LogP) is -0.419. The fraction of sp³-hybridized carbons (Fsp3) is 0.818. The maximum Gasteiger partial charge on any atom is 0.239 e. The molecule has 5 heteroatoms. The Kier molecular flexibility index (Phi) is 4.29. The van der Waals surface area contributed by atoms with Gasteiger partial charge in [0.2, 0.25) is 11.8 Å². The van der Waals surface area contributed by atoms with Crippen molar-refractivity contribution in [3.8, 4) is 0 Å². The summed E-state index contributed by atoms with van der Waals surface area (Å²) in [6.45, 7) is 3.77. The standard InChI is InChI=1S/C11H21N3O2/c1-4-11(5-6-13-8-11)10(16)14(3)7-9(15)12-2/h13H,4-8H2,1-3H3,(H,12,15). The first kappa shape index (κ1) is 13.0. The average molecular weight is 227 g/mol. The predicted molar refractivity (Wildman–Crippen MR) is 61.9 cm³/mol. The minimum absolute atomic E-state index is 0.0728. The van der Waals surface area contributed by atoms with E-state index >= 15 is 0 Å². The molecular weight excluding hydrogens is 206 g/mol. The quantitative estimate of drug-likeness (QED) is 0.686. The number of rotatable bonds is 4. The van der Waals surface area contributed by atoms with E-state index in [1.807, 2.05) is 6.92 Å². The number of hydrogen-bond donors (Lipinski definition) is 2. The van der Waals surface area contributed by atoms with Crippen molar-refractivity contribution in [1.29, 1.82) is 0 Å². The highest BCUT2D eigenvalue weighted by molar-refractivity contribution is 5.88. The molecule has 92 valence electrons. The van der Waals surface area contributed by atoms with Crippen LogP contribution in [0.15, 0.2) is 0 Å². The first-order valence-electron chi connectivity index (χ1n) is 5.72. The molecule has 2 amide bonds. The number of amides is 2. The molecule has 0 aromatic heterocycles. The second kappa shape index (κ2) is 5.30. The van der Waals surface area contributed by atoms with Gasteiger partial charge in [-0.2, -0.15) is 0 Å². The molecule has 1 aliphatic heterocycles. The van der Waals surface area contributed by atoms with E-state index in [0.29, 0.717) is 0 Å². The van der Waals surface area contributed by atoms with Gasteiger partial charge in [-0.25, -0.2) is 0 Å². The number of nitrogens with zero attached hydrogens (tertiary/aromatic N) is 1. The van der Waals surface area contributed by atoms with Gasteiger partial charge in [-0.3, -0.25) is 9.59 Å². The van der Waals surface area contributed by atoms with Crippen LogP contribution in [0.5, 0.6) is 0 Å². The maximum absolute atomic E-state index is 12.3. The number of hydrogen-bond acceptors (Lipinski definition) is 3. The summed E-state index contributed by atoms with van der Waals surface area (Å²) in [5, 5.41) is 5.74. The smallest absolute Gasteiger partial charge is 0.239 e. The van der Waals surface area contributed by atoms with Crippen molar-refractivity contribution in [2.75, 3.05) is 33.7 Å². The Hall–Kier alpha value is -1.10. The summed E-state index contributed by atoms with van der Waals surface area (Å²) < 4.78 is 0. The van der Waals surface area contributed by atoms with Gasteiger partial charge in [0.05, 0.1) is 12.0 Å². The molecule has 1 saturated heterocycles. The maximum atomic E-state index is 12.3. The van der Waals surface area contributed by atoms with Crippen molar-refractivity contribution in [3.05, 3.63) is 0 Å². The van der Waals surface area contributed by atoms with E-state index in [2.05, 4.69) is 10.6 Å². The van der Waals surface area contributed by atoms with E-state index in [4.69, 9.17) is 0 Å². The zero-order valence-corrected chi connectivity index (χ0v) is 10.3. The van der Waals surface area contributed by atoms with Gasteiger partial charge in [-0.15, -0.1) is 0 Å². The molecule has 1 atom stereocenters. The molecule has 0 aromatic rings. The molecule has 0 spiro atoms. The summed E-state index contributed by atoms with van der Waals surface area (Å²) >= 11 is 0. The van der Waals surface area contributed by atoms with Crippen LogP contribution in [0.4, 0.5) is 0 Å². The largest absolute Gasteiger partial charge is 0.358 e. The van der Waals surface area contributed by atoms with Crippen molar-refractivity contribution in [1.82, 2.24) is 15.5 Å². The van der Waals surface area contributed by atoms with Gasteiger partial charge in [-0.1, -0.05) is 6.92 Å². The molecule has 16 heavy (non-hydrogen) atoms. The van der Waals surface area contributed by atoms with Crippen molar-refractivity contribution in [2.24, 2.45) is 5.41 Å². The molecule has 1 heterocycles. The molecule has 0 aromatic carbocycles. The number of likely N-dealkylation sites (N-methyl/N-ethyl adjacent to an activating group) is 2. The van der Waals surface area contributed by atoms with Crippen LogP contribution in [-0.2, 0) is 9.59 Å². The minimum Gasteiger partial charge on any atom is -0.358 e. The third-order valence-corrected chi connectivity index (χ3v) is 3.38. The number of carbonyl (C=O) groups excluding carboxylic acids is 2. The fourth-order valence-corrected chi connectivity index (χ4v) is 2.15. The minimum atomic E-state index is -0.303. The van der Waals surface area contributed by atoms with Crippen LogP contribution in [0.1, 0.15) is 19.8 Å². The molecule has 0 bridgehead atoms. The SMILES string of the molecule is CCC1(C(=O)N(C)CC(=O)NC)CCNC1. The van der Waals surface area contributed by atoms with Gasteiger partial charge in [0, 0.05) is 20.6 Å².